The summed E-state index contributed by atoms with van der Waals surface area (Å²) in [7, 11) is 2.08. The largest absolute Gasteiger partial charge is 0.394 e. The molecular weight excluding hydrogens is 376 g/mol. The third-order valence-electron chi connectivity index (χ3n) is 5.54. The zero-order valence-corrected chi connectivity index (χ0v) is 16.5. The number of hydrogen-bond acceptors (Lipinski definition) is 4. The molecule has 0 aliphatic carbocycles. The molecule has 0 saturated carbocycles. The lowest BCUT2D eigenvalue weighted by Gasteiger charge is -2.28. The van der Waals surface area contributed by atoms with Gasteiger partial charge in [0.15, 0.2) is 0 Å². The fraction of sp³-hybridized carbons (Fsp3) is 0.273. The molecule has 148 valence electrons. The van der Waals surface area contributed by atoms with Crippen molar-refractivity contribution in [3.63, 3.8) is 0 Å². The fourth-order valence-electron chi connectivity index (χ4n) is 3.75. The van der Waals surface area contributed by atoms with E-state index in [9.17, 15) is 15.3 Å². The molecule has 0 aliphatic heterocycles. The van der Waals surface area contributed by atoms with E-state index < -0.39 is 5.54 Å². The summed E-state index contributed by atoms with van der Waals surface area (Å²) in [6, 6.07) is 19.0. The Balaban J connectivity index is 0.00000225. The molecule has 0 amide bonds. The number of aliphatic hydroxyl groups is 3. The topological polar surface area (TPSA) is 77.7 Å². The summed E-state index contributed by atoms with van der Waals surface area (Å²) in [6.07, 6.45) is 0. The van der Waals surface area contributed by atoms with Crippen LogP contribution in [0.15, 0.2) is 54.6 Å². The van der Waals surface area contributed by atoms with Crippen LogP contribution in [0.2, 0.25) is 0 Å². The van der Waals surface area contributed by atoms with E-state index >= 15 is 0 Å². The van der Waals surface area contributed by atoms with Crippen LogP contribution in [0.25, 0.3) is 32.6 Å². The van der Waals surface area contributed by atoms with E-state index in [0.717, 1.165) is 11.1 Å². The van der Waals surface area contributed by atoms with Crippen LogP contribution in [0.3, 0.4) is 0 Å². The van der Waals surface area contributed by atoms with Crippen molar-refractivity contribution in [2.24, 2.45) is 7.05 Å². The number of benzene rings is 3. The quantitative estimate of drug-likeness (QED) is 0.401. The average molecular weight is 401 g/mol. The first-order valence-corrected chi connectivity index (χ1v) is 9.09. The Labute approximate surface area is 169 Å². The van der Waals surface area contributed by atoms with Crippen molar-refractivity contribution in [2.45, 2.75) is 12.1 Å². The maximum atomic E-state index is 9.50. The van der Waals surface area contributed by atoms with Gasteiger partial charge in [0.1, 0.15) is 0 Å². The number of aliphatic hydroxyl groups excluding tert-OH is 3. The maximum Gasteiger partial charge on any atom is 0.0884 e. The standard InChI is InChI=1S/C22H24N2O3.ClH/c1-24-19-8-6-15(11-23-22(12-25,13-26)14-27)10-18(19)21-17-5-3-2-4-16(17)7-9-20(21)24;/h2-10,23,25-27H,11-14H2,1H3;1H. The number of aromatic nitrogens is 1. The monoisotopic (exact) mass is 400 g/mol. The zero-order valence-electron chi connectivity index (χ0n) is 15.7. The maximum absolute atomic E-state index is 9.50. The summed E-state index contributed by atoms with van der Waals surface area (Å²) in [5.74, 6) is 0. The molecule has 3 aromatic carbocycles. The summed E-state index contributed by atoms with van der Waals surface area (Å²) in [5.41, 5.74) is 2.29. The van der Waals surface area contributed by atoms with Crippen LogP contribution in [-0.2, 0) is 13.6 Å². The second kappa shape index (κ2) is 8.07. The van der Waals surface area contributed by atoms with Gasteiger partial charge in [-0.25, -0.2) is 0 Å². The Bertz CT molecular complexity index is 1110. The summed E-state index contributed by atoms with van der Waals surface area (Å²) in [6.45, 7) is -0.553. The van der Waals surface area contributed by atoms with Gasteiger partial charge in [-0.05, 0) is 34.5 Å². The molecule has 0 radical (unpaired) electrons. The van der Waals surface area contributed by atoms with E-state index in [2.05, 4.69) is 59.4 Å². The first kappa shape index (κ1) is 20.6. The Morgan fingerprint density at radius 3 is 2.25 bits per heavy atom. The zero-order chi connectivity index (χ0) is 19.0. The Kier molecular flexibility index (Phi) is 5.93. The normalized spacial score (nSPS) is 12.0. The van der Waals surface area contributed by atoms with Gasteiger partial charge in [-0.2, -0.15) is 0 Å². The highest BCUT2D eigenvalue weighted by Gasteiger charge is 2.27. The minimum atomic E-state index is -1.08. The fourth-order valence-corrected chi connectivity index (χ4v) is 3.75. The van der Waals surface area contributed by atoms with E-state index in [1.165, 1.54) is 27.1 Å². The lowest BCUT2D eigenvalue weighted by Crippen LogP contribution is -2.54. The number of hydrogen-bond donors (Lipinski definition) is 4. The van der Waals surface area contributed by atoms with Gasteiger partial charge in [-0.15, -0.1) is 12.4 Å². The van der Waals surface area contributed by atoms with Gasteiger partial charge < -0.3 is 25.2 Å². The highest BCUT2D eigenvalue weighted by atomic mass is 35.5. The SMILES string of the molecule is Cl.Cn1c2ccc(CNC(CO)(CO)CO)cc2c2c3ccccc3ccc21. The van der Waals surface area contributed by atoms with Crippen molar-refractivity contribution in [2.75, 3.05) is 19.8 Å². The van der Waals surface area contributed by atoms with Crippen LogP contribution in [0.1, 0.15) is 5.56 Å². The van der Waals surface area contributed by atoms with Crippen LogP contribution >= 0.6 is 12.4 Å². The van der Waals surface area contributed by atoms with Crippen LogP contribution < -0.4 is 5.32 Å². The van der Waals surface area contributed by atoms with Gasteiger partial charge in [-0.1, -0.05) is 36.4 Å². The molecule has 0 atom stereocenters. The predicted molar refractivity (Wildman–Crippen MR) is 116 cm³/mol. The van der Waals surface area contributed by atoms with Crippen molar-refractivity contribution in [1.82, 2.24) is 9.88 Å². The van der Waals surface area contributed by atoms with Gasteiger partial charge in [0.25, 0.3) is 0 Å². The molecule has 5 nitrogen and oxygen atoms in total. The Morgan fingerprint density at radius 1 is 0.857 bits per heavy atom. The molecule has 0 spiro atoms. The van der Waals surface area contributed by atoms with Gasteiger partial charge in [0.2, 0.25) is 0 Å². The molecule has 4 rings (SSSR count). The van der Waals surface area contributed by atoms with Crippen molar-refractivity contribution in [3.05, 3.63) is 60.2 Å². The van der Waals surface area contributed by atoms with Crippen LogP contribution in [0.4, 0.5) is 0 Å². The molecule has 1 aromatic heterocycles. The number of nitrogens with zero attached hydrogens (tertiary/aromatic N) is 1. The number of rotatable bonds is 6. The highest BCUT2D eigenvalue weighted by Crippen LogP contribution is 2.34. The summed E-state index contributed by atoms with van der Waals surface area (Å²) in [4.78, 5) is 0. The van der Waals surface area contributed by atoms with E-state index in [0.29, 0.717) is 6.54 Å². The second-order valence-corrected chi connectivity index (χ2v) is 7.20. The third-order valence-corrected chi connectivity index (χ3v) is 5.54. The molecule has 4 N–H and O–H groups in total. The Morgan fingerprint density at radius 2 is 1.54 bits per heavy atom. The van der Waals surface area contributed by atoms with Gasteiger partial charge in [-0.3, -0.25) is 0 Å². The minimum Gasteiger partial charge on any atom is -0.394 e. The Hall–Kier alpha value is -2.15. The summed E-state index contributed by atoms with van der Waals surface area (Å²) >= 11 is 0. The number of halogens is 1. The smallest absolute Gasteiger partial charge is 0.0884 e. The van der Waals surface area contributed by atoms with Gasteiger partial charge >= 0.3 is 0 Å². The first-order chi connectivity index (χ1) is 13.1. The molecule has 0 aliphatic rings. The molecule has 28 heavy (non-hydrogen) atoms. The predicted octanol–water partition coefficient (Wildman–Crippen LogP) is 2.71. The number of nitrogens with one attached hydrogen (secondary N) is 1. The van der Waals surface area contributed by atoms with Crippen molar-refractivity contribution < 1.29 is 15.3 Å². The molecular formula is C22H25ClN2O3. The highest BCUT2D eigenvalue weighted by molar-refractivity contribution is 6.20. The minimum absolute atomic E-state index is 0. The number of aryl methyl sites for hydroxylation is 1. The number of fused-ring (bicyclic) bond motifs is 5. The van der Waals surface area contributed by atoms with Crippen molar-refractivity contribution in [3.8, 4) is 0 Å². The van der Waals surface area contributed by atoms with Gasteiger partial charge in [0, 0.05) is 35.4 Å². The van der Waals surface area contributed by atoms with Gasteiger partial charge in [0.05, 0.1) is 25.4 Å². The third kappa shape index (κ3) is 3.26. The second-order valence-electron chi connectivity index (χ2n) is 7.20. The van der Waals surface area contributed by atoms with Crippen LogP contribution in [-0.4, -0.2) is 45.2 Å². The molecule has 0 bridgehead atoms. The summed E-state index contributed by atoms with van der Waals surface area (Å²) in [5, 5.41) is 36.4. The molecule has 6 heteroatoms. The lowest BCUT2D eigenvalue weighted by atomic mass is 10.0. The molecule has 4 aromatic rings. The molecule has 0 fully saturated rings. The average Bonchev–Trinajstić information content (AvgIpc) is 3.01. The first-order valence-electron chi connectivity index (χ1n) is 9.09. The van der Waals surface area contributed by atoms with Crippen molar-refractivity contribution in [1.29, 1.82) is 0 Å². The summed E-state index contributed by atoms with van der Waals surface area (Å²) < 4.78 is 2.20. The van der Waals surface area contributed by atoms with E-state index in [-0.39, 0.29) is 32.2 Å². The molecule has 0 unspecified atom stereocenters. The van der Waals surface area contributed by atoms with Crippen molar-refractivity contribution >= 4 is 45.0 Å². The molecule has 1 heterocycles. The molecule has 0 saturated heterocycles. The van der Waals surface area contributed by atoms with E-state index in [4.69, 9.17) is 0 Å². The van der Waals surface area contributed by atoms with Crippen LogP contribution in [0.5, 0.6) is 0 Å². The van der Waals surface area contributed by atoms with E-state index in [1.807, 2.05) is 12.1 Å². The van der Waals surface area contributed by atoms with E-state index in [1.54, 1.807) is 0 Å². The lowest BCUT2D eigenvalue weighted by molar-refractivity contribution is 0.0414. The van der Waals surface area contributed by atoms with Crippen LogP contribution in [0, 0.1) is 0 Å².